The average Bonchev–Trinajstić information content (AvgIpc) is 3.25. The minimum absolute atomic E-state index is 0.0169. The maximum Gasteiger partial charge on any atom is 0.404 e. The van der Waals surface area contributed by atoms with Gasteiger partial charge in [-0.3, -0.25) is 0 Å². The van der Waals surface area contributed by atoms with Gasteiger partial charge in [0.2, 0.25) is 12.6 Å². The number of hydrogen-bond acceptors (Lipinski definition) is 19. The molecule has 2 amide bonds. The van der Waals surface area contributed by atoms with Crippen LogP contribution in [0.15, 0.2) is 71.8 Å². The standard InChI is InChI=1S/C27H31NO10S.C19H24N2O8/c1-13-7-6-8-16(11-13)39(33,34)12-18-20(29)17-9-10-19(14(2)22(17)36-24(18)31)35-25-21(30)23(37-26(28)32)15(3)27(4,5)38-25;1-7-10(6-5-9-12(22)11(20)16(24)27-14(7)9)26-17-13(23)15(28-18(21)25)8(2)19(3,4)29-17/h6-11,15,21,23,25,29-30H,12H2,1-5H3,(H2,28,32);5-6,8,13,15,17,22-23H,20H2,1-4H3,(H2,21,25)/t15-,21?,23+,25-;8-,13?,15+,17-/m11/s1. The fraction of sp³-hybridized carbons (Fsp3) is 0.435. The summed E-state index contributed by atoms with van der Waals surface area (Å²) in [5, 5.41) is 42.8. The zero-order valence-electron chi connectivity index (χ0n) is 38.6. The van der Waals surface area contributed by atoms with Gasteiger partial charge in [0.05, 0.1) is 38.2 Å². The van der Waals surface area contributed by atoms with E-state index in [0.29, 0.717) is 5.56 Å². The molecule has 2 aliphatic rings. The van der Waals surface area contributed by atoms with Crippen LogP contribution >= 0.6 is 0 Å². The number of carbonyl (C=O) groups is 2. The molecule has 10 N–H and O–H groups in total. The molecule has 368 valence electrons. The van der Waals surface area contributed by atoms with Gasteiger partial charge in [0.15, 0.2) is 33.5 Å². The molecule has 2 saturated heterocycles. The number of benzene rings is 3. The van der Waals surface area contributed by atoms with Gasteiger partial charge in [-0.2, -0.15) is 0 Å². The SMILES string of the molecule is Cc1c(O[C@@H]2OC(C)(C)[C@H](C)[C@H](OC(N)=O)C2O)ccc2c(O)c(N)c(=O)oc12.Cc1cccc(S(=O)(=O)Cc2c(O)c3ccc(O[C@@H]4OC(C)(C)[C@H](C)[C@H](OC(N)=O)C4O)c(C)c3oc2=O)c1. The highest BCUT2D eigenvalue weighted by atomic mass is 32.2. The summed E-state index contributed by atoms with van der Waals surface area (Å²) in [6.45, 7) is 15.4. The fourth-order valence-electron chi connectivity index (χ4n) is 7.95. The maximum atomic E-state index is 12.9. The first-order valence-electron chi connectivity index (χ1n) is 21.2. The average molecular weight is 970 g/mol. The van der Waals surface area contributed by atoms with Crippen molar-refractivity contribution < 1.29 is 75.7 Å². The monoisotopic (exact) mass is 969 g/mol. The van der Waals surface area contributed by atoms with Crippen LogP contribution in [-0.4, -0.2) is 89.2 Å². The number of carbonyl (C=O) groups excluding carboxylic acids is 2. The van der Waals surface area contributed by atoms with E-state index in [9.17, 15) is 48.0 Å². The van der Waals surface area contributed by atoms with E-state index in [0.717, 1.165) is 5.56 Å². The van der Waals surface area contributed by atoms with E-state index in [-0.39, 0.29) is 55.6 Å². The Hall–Kier alpha value is -6.59. The van der Waals surface area contributed by atoms with Crippen LogP contribution in [0.3, 0.4) is 0 Å². The molecule has 2 unspecified atom stereocenters. The lowest BCUT2D eigenvalue weighted by atomic mass is 9.82. The van der Waals surface area contributed by atoms with Crippen LogP contribution in [0.25, 0.3) is 21.9 Å². The van der Waals surface area contributed by atoms with Gasteiger partial charge < -0.3 is 74.9 Å². The van der Waals surface area contributed by atoms with E-state index in [1.54, 1.807) is 74.4 Å². The Balaban J connectivity index is 0.000000234. The zero-order chi connectivity index (χ0) is 50.5. The fourth-order valence-corrected chi connectivity index (χ4v) is 9.40. The molecule has 2 aliphatic heterocycles. The molecule has 21 nitrogen and oxygen atoms in total. The highest BCUT2D eigenvalue weighted by Gasteiger charge is 2.52. The van der Waals surface area contributed by atoms with E-state index in [1.165, 1.54) is 36.4 Å². The number of aliphatic hydroxyl groups excluding tert-OH is 2. The number of hydrogen-bond donors (Lipinski definition) is 7. The van der Waals surface area contributed by atoms with Crippen molar-refractivity contribution in [2.75, 3.05) is 5.73 Å². The quantitative estimate of drug-likeness (QED) is 0.100. The third kappa shape index (κ3) is 9.99. The first kappa shape index (κ1) is 50.8. The van der Waals surface area contributed by atoms with Gasteiger partial charge in [0, 0.05) is 23.0 Å². The Morgan fingerprint density at radius 2 is 1.15 bits per heavy atom. The van der Waals surface area contributed by atoms with E-state index < -0.39 is 110 Å². The Bertz CT molecular complexity index is 3000. The first-order chi connectivity index (χ1) is 31.6. The van der Waals surface area contributed by atoms with Crippen molar-refractivity contribution in [3.8, 4) is 23.0 Å². The van der Waals surface area contributed by atoms with Crippen LogP contribution in [0.1, 0.15) is 63.8 Å². The van der Waals surface area contributed by atoms with Crippen LogP contribution in [0.2, 0.25) is 0 Å². The van der Waals surface area contributed by atoms with Crippen molar-refractivity contribution in [2.24, 2.45) is 23.3 Å². The minimum atomic E-state index is -3.96. The number of nitrogens with two attached hydrogens (primary N) is 3. The van der Waals surface area contributed by atoms with Gasteiger partial charge >= 0.3 is 23.4 Å². The molecule has 0 bridgehead atoms. The number of sulfone groups is 1. The molecular weight excluding hydrogens is 915 g/mol. The molecule has 2 fully saturated rings. The van der Waals surface area contributed by atoms with Crippen molar-refractivity contribution in [3.05, 3.63) is 91.6 Å². The number of aryl methyl sites for hydroxylation is 3. The van der Waals surface area contributed by atoms with Crippen molar-refractivity contribution in [2.45, 2.75) is 121 Å². The molecule has 0 aliphatic carbocycles. The third-order valence-electron chi connectivity index (χ3n) is 12.5. The third-order valence-corrected chi connectivity index (χ3v) is 14.2. The van der Waals surface area contributed by atoms with Gasteiger partial charge in [0.1, 0.15) is 40.6 Å². The van der Waals surface area contributed by atoms with E-state index in [2.05, 4.69) is 0 Å². The second-order valence-corrected chi connectivity index (χ2v) is 19.8. The summed E-state index contributed by atoms with van der Waals surface area (Å²) in [5.74, 6) is -2.08. The summed E-state index contributed by atoms with van der Waals surface area (Å²) in [4.78, 5) is 47.3. The Morgan fingerprint density at radius 3 is 1.59 bits per heavy atom. The van der Waals surface area contributed by atoms with Crippen LogP contribution in [0.5, 0.6) is 23.0 Å². The summed E-state index contributed by atoms with van der Waals surface area (Å²) in [6.07, 6.45) is -9.25. The Labute approximate surface area is 389 Å². The number of fused-ring (bicyclic) bond motifs is 2. The van der Waals surface area contributed by atoms with Gasteiger partial charge in [0.25, 0.3) is 0 Å². The number of aromatic hydroxyl groups is 2. The van der Waals surface area contributed by atoms with Crippen molar-refractivity contribution in [1.29, 1.82) is 0 Å². The zero-order valence-corrected chi connectivity index (χ0v) is 39.4. The lowest BCUT2D eigenvalue weighted by molar-refractivity contribution is -0.284. The van der Waals surface area contributed by atoms with Gasteiger partial charge in [-0.25, -0.2) is 27.6 Å². The van der Waals surface area contributed by atoms with Crippen molar-refractivity contribution >= 4 is 49.6 Å². The van der Waals surface area contributed by atoms with Crippen LogP contribution in [-0.2, 0) is 34.5 Å². The molecule has 0 spiro atoms. The molecular formula is C46H55N3O18S. The highest BCUT2D eigenvalue weighted by molar-refractivity contribution is 7.90. The number of nitrogen functional groups attached to an aromatic ring is 1. The van der Waals surface area contributed by atoms with Crippen LogP contribution < -0.4 is 37.9 Å². The maximum absolute atomic E-state index is 12.9. The molecule has 7 rings (SSSR count). The molecule has 0 saturated carbocycles. The molecule has 2 aromatic heterocycles. The Kier molecular flexibility index (Phi) is 14.1. The topological polar surface area (TPSA) is 343 Å². The van der Waals surface area contributed by atoms with Gasteiger partial charge in [-0.05, 0) is 90.4 Å². The normalized spacial score (nSPS) is 24.3. The second kappa shape index (κ2) is 18.8. The van der Waals surface area contributed by atoms with Gasteiger partial charge in [-0.1, -0.05) is 26.0 Å². The number of amides is 2. The number of aliphatic hydroxyl groups is 2. The highest BCUT2D eigenvalue weighted by Crippen LogP contribution is 2.41. The largest absolute Gasteiger partial charge is 0.507 e. The number of ether oxygens (including phenoxy) is 6. The summed E-state index contributed by atoms with van der Waals surface area (Å²) < 4.78 is 70.3. The summed E-state index contributed by atoms with van der Waals surface area (Å²) in [7, 11) is -3.96. The number of rotatable bonds is 9. The van der Waals surface area contributed by atoms with Gasteiger partial charge in [-0.15, -0.1) is 0 Å². The van der Waals surface area contributed by atoms with E-state index in [1.807, 2.05) is 0 Å². The summed E-state index contributed by atoms with van der Waals surface area (Å²) >= 11 is 0. The minimum Gasteiger partial charge on any atom is -0.507 e. The predicted octanol–water partition coefficient (Wildman–Crippen LogP) is 4.43. The summed E-state index contributed by atoms with van der Waals surface area (Å²) in [6, 6.07) is 12.1. The van der Waals surface area contributed by atoms with E-state index in [4.69, 9.17) is 54.5 Å². The molecule has 68 heavy (non-hydrogen) atoms. The molecule has 3 aromatic carbocycles. The van der Waals surface area contributed by atoms with Crippen molar-refractivity contribution in [1.82, 2.24) is 0 Å². The lowest BCUT2D eigenvalue weighted by Crippen LogP contribution is -2.61. The van der Waals surface area contributed by atoms with Crippen molar-refractivity contribution in [3.63, 3.8) is 0 Å². The Morgan fingerprint density at radius 1 is 0.706 bits per heavy atom. The molecule has 22 heteroatoms. The first-order valence-corrected chi connectivity index (χ1v) is 22.8. The predicted molar refractivity (Wildman–Crippen MR) is 243 cm³/mol. The number of primary amides is 2. The molecule has 0 radical (unpaired) electrons. The lowest BCUT2D eigenvalue weighted by Gasteiger charge is -2.47. The smallest absolute Gasteiger partial charge is 0.404 e. The van der Waals surface area contributed by atoms with Crippen LogP contribution in [0, 0.1) is 32.6 Å². The van der Waals surface area contributed by atoms with E-state index >= 15 is 0 Å². The molecule has 4 heterocycles. The van der Waals surface area contributed by atoms with Crippen LogP contribution in [0.4, 0.5) is 15.3 Å². The molecule has 8 atom stereocenters. The second-order valence-electron chi connectivity index (χ2n) is 17.9. The number of anilines is 1. The molecule has 5 aromatic rings. The summed E-state index contributed by atoms with van der Waals surface area (Å²) in [5.41, 5.74) is 12.9.